The summed E-state index contributed by atoms with van der Waals surface area (Å²) < 4.78 is 19.6. The molecule has 0 aromatic heterocycles. The zero-order chi connectivity index (χ0) is 15.2. The molecule has 2 aromatic rings. The van der Waals surface area contributed by atoms with Gasteiger partial charge in [0.2, 0.25) is 0 Å². The van der Waals surface area contributed by atoms with Gasteiger partial charge in [-0.05, 0) is 42.5 Å². The first kappa shape index (κ1) is 15.3. The molecule has 0 fully saturated rings. The number of halogens is 2. The van der Waals surface area contributed by atoms with Crippen LogP contribution in [-0.2, 0) is 0 Å². The molecule has 0 radical (unpaired) electrons. The van der Waals surface area contributed by atoms with E-state index in [1.54, 1.807) is 36.4 Å². The zero-order valence-electron chi connectivity index (χ0n) is 11.1. The first-order valence-corrected chi connectivity index (χ1v) is 6.99. The first-order chi connectivity index (χ1) is 10.1. The number of ether oxygens (including phenoxy) is 1. The molecule has 0 heterocycles. The molecular formula is C16H13BrFNO2. The molecule has 5 heteroatoms. The highest BCUT2D eigenvalue weighted by atomic mass is 79.9. The number of hydrogen-bond donors (Lipinski definition) is 1. The Bertz CT molecular complexity index is 656. The molecule has 0 bridgehead atoms. The summed E-state index contributed by atoms with van der Waals surface area (Å²) in [6.07, 6.45) is 1.64. The number of anilines is 1. The Kier molecular flexibility index (Phi) is 5.11. The minimum atomic E-state index is -0.497. The van der Waals surface area contributed by atoms with Crippen LogP contribution in [0.15, 0.2) is 59.6 Å². The third kappa shape index (κ3) is 4.16. The van der Waals surface area contributed by atoms with Crippen molar-refractivity contribution < 1.29 is 13.9 Å². The summed E-state index contributed by atoms with van der Waals surface area (Å²) in [6, 6.07) is 11.0. The van der Waals surface area contributed by atoms with Crippen molar-refractivity contribution >= 4 is 27.5 Å². The zero-order valence-corrected chi connectivity index (χ0v) is 12.7. The van der Waals surface area contributed by atoms with Crippen molar-refractivity contribution in [2.24, 2.45) is 0 Å². The molecule has 0 atom stereocenters. The number of carbonyl (C=O) groups is 1. The monoisotopic (exact) mass is 349 g/mol. The second-order valence-electron chi connectivity index (χ2n) is 4.20. The van der Waals surface area contributed by atoms with Crippen molar-refractivity contribution in [3.05, 3.63) is 71.0 Å². The molecule has 1 amide bonds. The van der Waals surface area contributed by atoms with E-state index >= 15 is 0 Å². The summed E-state index contributed by atoms with van der Waals surface area (Å²) in [5, 5.41) is 2.52. The van der Waals surface area contributed by atoms with Crippen LogP contribution in [0.1, 0.15) is 10.4 Å². The molecule has 0 aliphatic rings. The van der Waals surface area contributed by atoms with E-state index in [-0.39, 0.29) is 11.6 Å². The van der Waals surface area contributed by atoms with Gasteiger partial charge in [-0.1, -0.05) is 28.6 Å². The molecule has 0 spiro atoms. The van der Waals surface area contributed by atoms with Crippen LogP contribution in [0.4, 0.5) is 10.1 Å². The van der Waals surface area contributed by atoms with Crippen molar-refractivity contribution in [3.8, 4) is 5.75 Å². The van der Waals surface area contributed by atoms with Gasteiger partial charge in [-0.15, -0.1) is 0 Å². The van der Waals surface area contributed by atoms with Crippen LogP contribution in [0.25, 0.3) is 0 Å². The number of carbonyl (C=O) groups excluding carboxylic acids is 1. The summed E-state index contributed by atoms with van der Waals surface area (Å²) in [7, 11) is 0. The van der Waals surface area contributed by atoms with Crippen molar-refractivity contribution in [2.45, 2.75) is 0 Å². The van der Waals surface area contributed by atoms with Gasteiger partial charge >= 0.3 is 0 Å². The molecule has 21 heavy (non-hydrogen) atoms. The maximum atomic E-state index is 13.7. The van der Waals surface area contributed by atoms with Crippen LogP contribution in [-0.4, -0.2) is 12.5 Å². The van der Waals surface area contributed by atoms with Gasteiger partial charge in [-0.2, -0.15) is 0 Å². The lowest BCUT2D eigenvalue weighted by atomic mass is 10.2. The van der Waals surface area contributed by atoms with E-state index < -0.39 is 5.82 Å². The lowest BCUT2D eigenvalue weighted by Crippen LogP contribution is -2.12. The molecule has 0 unspecified atom stereocenters. The number of nitrogens with one attached hydrogen (secondary N) is 1. The van der Waals surface area contributed by atoms with E-state index in [1.165, 1.54) is 12.1 Å². The Balaban J connectivity index is 2.07. The standard InChI is InChI=1S/C16H13BrFNO2/c1-2-9-21-13-6-3-11(4-7-13)16(20)19-15-8-5-12(17)10-14(15)18/h2-8,10H,1,9H2,(H,19,20). The van der Waals surface area contributed by atoms with Gasteiger partial charge in [0, 0.05) is 10.0 Å². The van der Waals surface area contributed by atoms with Gasteiger partial charge in [0.25, 0.3) is 5.91 Å². The summed E-state index contributed by atoms with van der Waals surface area (Å²) in [5.74, 6) is -0.239. The molecular weight excluding hydrogens is 337 g/mol. The maximum Gasteiger partial charge on any atom is 0.255 e. The average Bonchev–Trinajstić information content (AvgIpc) is 2.48. The van der Waals surface area contributed by atoms with Crippen LogP contribution < -0.4 is 10.1 Å². The van der Waals surface area contributed by atoms with Gasteiger partial charge in [0.15, 0.2) is 0 Å². The molecule has 0 saturated heterocycles. The lowest BCUT2D eigenvalue weighted by molar-refractivity contribution is 0.102. The number of rotatable bonds is 5. The molecule has 1 N–H and O–H groups in total. The van der Waals surface area contributed by atoms with Crippen molar-refractivity contribution in [1.82, 2.24) is 0 Å². The quantitative estimate of drug-likeness (QED) is 0.812. The Morgan fingerprint density at radius 2 is 2.00 bits per heavy atom. The highest BCUT2D eigenvalue weighted by molar-refractivity contribution is 9.10. The largest absolute Gasteiger partial charge is 0.490 e. The van der Waals surface area contributed by atoms with E-state index in [0.717, 1.165) is 0 Å². The first-order valence-electron chi connectivity index (χ1n) is 6.20. The Morgan fingerprint density at radius 3 is 2.62 bits per heavy atom. The van der Waals surface area contributed by atoms with Crippen LogP contribution in [0.2, 0.25) is 0 Å². The third-order valence-electron chi connectivity index (χ3n) is 2.66. The summed E-state index contributed by atoms with van der Waals surface area (Å²) in [6.45, 7) is 3.95. The van der Waals surface area contributed by atoms with E-state index in [9.17, 15) is 9.18 Å². The molecule has 0 aliphatic carbocycles. The molecule has 108 valence electrons. The van der Waals surface area contributed by atoms with Crippen LogP contribution in [0.3, 0.4) is 0 Å². The van der Waals surface area contributed by atoms with Crippen LogP contribution >= 0.6 is 15.9 Å². The van der Waals surface area contributed by atoms with Gasteiger partial charge in [0.1, 0.15) is 18.2 Å². The van der Waals surface area contributed by atoms with Crippen molar-refractivity contribution in [2.75, 3.05) is 11.9 Å². The predicted octanol–water partition coefficient (Wildman–Crippen LogP) is 4.41. The van der Waals surface area contributed by atoms with Gasteiger partial charge < -0.3 is 10.1 Å². The molecule has 0 saturated carbocycles. The minimum absolute atomic E-state index is 0.134. The molecule has 2 rings (SSSR count). The maximum absolute atomic E-state index is 13.7. The van der Waals surface area contributed by atoms with E-state index in [0.29, 0.717) is 22.4 Å². The fourth-order valence-electron chi connectivity index (χ4n) is 1.64. The van der Waals surface area contributed by atoms with Crippen molar-refractivity contribution in [3.63, 3.8) is 0 Å². The summed E-state index contributed by atoms with van der Waals surface area (Å²) in [5.41, 5.74) is 0.554. The van der Waals surface area contributed by atoms with E-state index in [1.807, 2.05) is 0 Å². The third-order valence-corrected chi connectivity index (χ3v) is 3.16. The topological polar surface area (TPSA) is 38.3 Å². The van der Waals surface area contributed by atoms with E-state index in [4.69, 9.17) is 4.74 Å². The Labute approximate surface area is 130 Å². The van der Waals surface area contributed by atoms with Gasteiger partial charge in [0.05, 0.1) is 5.69 Å². The predicted molar refractivity (Wildman–Crippen MR) is 84.2 cm³/mol. The fourth-order valence-corrected chi connectivity index (χ4v) is 1.98. The van der Waals surface area contributed by atoms with Crippen LogP contribution in [0.5, 0.6) is 5.75 Å². The van der Waals surface area contributed by atoms with Crippen LogP contribution in [0, 0.1) is 5.82 Å². The molecule has 0 aliphatic heterocycles. The SMILES string of the molecule is C=CCOc1ccc(C(=O)Nc2ccc(Br)cc2F)cc1. The molecule has 3 nitrogen and oxygen atoms in total. The smallest absolute Gasteiger partial charge is 0.255 e. The number of amides is 1. The Hall–Kier alpha value is -2.14. The normalized spacial score (nSPS) is 10.0. The van der Waals surface area contributed by atoms with E-state index in [2.05, 4.69) is 27.8 Å². The fraction of sp³-hybridized carbons (Fsp3) is 0.0625. The van der Waals surface area contributed by atoms with Gasteiger partial charge in [-0.3, -0.25) is 4.79 Å². The van der Waals surface area contributed by atoms with Gasteiger partial charge in [-0.25, -0.2) is 4.39 Å². The lowest BCUT2D eigenvalue weighted by Gasteiger charge is -2.08. The highest BCUT2D eigenvalue weighted by Crippen LogP contribution is 2.20. The average molecular weight is 350 g/mol. The van der Waals surface area contributed by atoms with Crippen molar-refractivity contribution in [1.29, 1.82) is 0 Å². The molecule has 2 aromatic carbocycles. The summed E-state index contributed by atoms with van der Waals surface area (Å²) in [4.78, 5) is 12.0. The second kappa shape index (κ2) is 7.04. The Morgan fingerprint density at radius 1 is 1.29 bits per heavy atom. The second-order valence-corrected chi connectivity index (χ2v) is 5.12. The highest BCUT2D eigenvalue weighted by Gasteiger charge is 2.09. The number of hydrogen-bond acceptors (Lipinski definition) is 2. The number of benzene rings is 2. The minimum Gasteiger partial charge on any atom is -0.490 e. The summed E-state index contributed by atoms with van der Waals surface area (Å²) >= 11 is 3.16.